The number of rotatable bonds is 4. The number of carbonyl (C=O) groups is 1. The van der Waals surface area contributed by atoms with Gasteiger partial charge in [-0.15, -0.1) is 6.58 Å². The van der Waals surface area contributed by atoms with Crippen molar-refractivity contribution in [1.29, 1.82) is 0 Å². The molecular formula is C24H40O3. The van der Waals surface area contributed by atoms with Crippen LogP contribution in [0.3, 0.4) is 0 Å². The van der Waals surface area contributed by atoms with Gasteiger partial charge >= 0.3 is 5.97 Å². The zero-order chi connectivity index (χ0) is 20.1. The molecule has 0 saturated heterocycles. The van der Waals surface area contributed by atoms with Gasteiger partial charge in [-0.05, 0) is 67.6 Å². The Morgan fingerprint density at radius 1 is 1.15 bits per heavy atom. The van der Waals surface area contributed by atoms with Gasteiger partial charge < -0.3 is 9.84 Å². The van der Waals surface area contributed by atoms with Crippen LogP contribution in [-0.4, -0.2) is 23.3 Å². The zero-order valence-corrected chi connectivity index (χ0v) is 18.1. The van der Waals surface area contributed by atoms with Crippen molar-refractivity contribution in [3.63, 3.8) is 0 Å². The smallest absolute Gasteiger partial charge is 0.308 e. The van der Waals surface area contributed by atoms with E-state index in [2.05, 4.69) is 33.4 Å². The van der Waals surface area contributed by atoms with Gasteiger partial charge in [0.15, 0.2) is 0 Å². The van der Waals surface area contributed by atoms with Crippen LogP contribution in [0.25, 0.3) is 0 Å². The Balaban J connectivity index is 1.83. The number of aliphatic hydroxyl groups is 1. The highest BCUT2D eigenvalue weighted by Gasteiger charge is 2.62. The standard InChI is InChI=1S/C24H40O3/c1-7-21(4)13-9-19-23(6)12-8-11-22(5,16-27-20(25)17(2)3)18(23)10-14-24(19,26)15-21/h7,17-19,26H,1,8-16H2,2-6H3/t18-,19+,21-,22+,23-,24+/m0/s1. The Hall–Kier alpha value is -0.830. The molecule has 0 heterocycles. The molecule has 0 aromatic carbocycles. The van der Waals surface area contributed by atoms with Crippen LogP contribution in [0.4, 0.5) is 0 Å². The third kappa shape index (κ3) is 3.50. The SMILES string of the molecule is C=C[C@@]1(C)CC[C@H]2[C@@](O)(CC[C@H]3[C@@](C)(COC(=O)C(C)C)CCC[C@@]32C)C1. The summed E-state index contributed by atoms with van der Waals surface area (Å²) in [5, 5.41) is 11.7. The van der Waals surface area contributed by atoms with E-state index in [1.807, 2.05) is 13.8 Å². The van der Waals surface area contributed by atoms with Gasteiger partial charge in [-0.2, -0.15) is 0 Å². The van der Waals surface area contributed by atoms with Gasteiger partial charge in [-0.1, -0.05) is 47.1 Å². The van der Waals surface area contributed by atoms with Crippen molar-refractivity contribution in [3.05, 3.63) is 12.7 Å². The molecule has 0 bridgehead atoms. The number of allylic oxidation sites excluding steroid dienone is 1. The Bertz CT molecular complexity index is 598. The fraction of sp³-hybridized carbons (Fsp3) is 0.875. The lowest BCUT2D eigenvalue weighted by atomic mass is 9.42. The summed E-state index contributed by atoms with van der Waals surface area (Å²) < 4.78 is 5.74. The highest BCUT2D eigenvalue weighted by molar-refractivity contribution is 5.71. The molecule has 0 aliphatic heterocycles. The fourth-order valence-electron chi connectivity index (χ4n) is 7.12. The number of hydrogen-bond donors (Lipinski definition) is 1. The Morgan fingerprint density at radius 3 is 2.44 bits per heavy atom. The second-order valence-electron chi connectivity index (χ2n) is 11.1. The summed E-state index contributed by atoms with van der Waals surface area (Å²) in [6.07, 6.45) is 10.5. The second kappa shape index (κ2) is 6.90. The first-order chi connectivity index (χ1) is 12.5. The van der Waals surface area contributed by atoms with E-state index in [9.17, 15) is 9.90 Å². The van der Waals surface area contributed by atoms with Crippen LogP contribution < -0.4 is 0 Å². The Kier molecular flexibility index (Phi) is 5.34. The maximum Gasteiger partial charge on any atom is 0.308 e. The molecule has 0 spiro atoms. The topological polar surface area (TPSA) is 46.5 Å². The molecule has 3 nitrogen and oxygen atoms in total. The fourth-order valence-corrected chi connectivity index (χ4v) is 7.12. The van der Waals surface area contributed by atoms with Crippen LogP contribution in [0.2, 0.25) is 0 Å². The first-order valence-electron chi connectivity index (χ1n) is 11.0. The molecule has 0 aromatic heterocycles. The predicted octanol–water partition coefficient (Wildman–Crippen LogP) is 5.52. The van der Waals surface area contributed by atoms with Gasteiger partial charge in [0.1, 0.15) is 0 Å². The lowest BCUT2D eigenvalue weighted by Crippen LogP contribution is -2.62. The van der Waals surface area contributed by atoms with E-state index >= 15 is 0 Å². The number of ether oxygens (including phenoxy) is 1. The summed E-state index contributed by atoms with van der Waals surface area (Å²) in [6, 6.07) is 0. The van der Waals surface area contributed by atoms with E-state index in [0.717, 1.165) is 44.9 Å². The second-order valence-corrected chi connectivity index (χ2v) is 11.1. The number of esters is 1. The largest absolute Gasteiger partial charge is 0.465 e. The highest BCUT2D eigenvalue weighted by Crippen LogP contribution is 2.66. The summed E-state index contributed by atoms with van der Waals surface area (Å²) >= 11 is 0. The minimum absolute atomic E-state index is 0.0259. The molecule has 154 valence electrons. The molecule has 0 radical (unpaired) electrons. The number of fused-ring (bicyclic) bond motifs is 3. The van der Waals surface area contributed by atoms with Crippen LogP contribution in [0.1, 0.15) is 86.0 Å². The molecule has 6 atom stereocenters. The summed E-state index contributed by atoms with van der Waals surface area (Å²) in [4.78, 5) is 12.1. The lowest BCUT2D eigenvalue weighted by molar-refractivity contribution is -0.213. The summed E-state index contributed by atoms with van der Waals surface area (Å²) in [5.41, 5.74) is -0.358. The van der Waals surface area contributed by atoms with Crippen molar-refractivity contribution in [3.8, 4) is 0 Å². The minimum atomic E-state index is -0.570. The third-order valence-corrected chi connectivity index (χ3v) is 8.63. The molecular weight excluding hydrogens is 336 g/mol. The van der Waals surface area contributed by atoms with Crippen molar-refractivity contribution in [2.75, 3.05) is 6.61 Å². The quantitative estimate of drug-likeness (QED) is 0.519. The van der Waals surface area contributed by atoms with E-state index < -0.39 is 5.60 Å². The van der Waals surface area contributed by atoms with Crippen LogP contribution in [-0.2, 0) is 9.53 Å². The first-order valence-corrected chi connectivity index (χ1v) is 11.0. The molecule has 27 heavy (non-hydrogen) atoms. The first kappa shape index (κ1) is 20.9. The van der Waals surface area contributed by atoms with E-state index in [1.165, 1.54) is 6.42 Å². The van der Waals surface area contributed by atoms with Crippen molar-refractivity contribution in [2.45, 2.75) is 91.6 Å². The summed E-state index contributed by atoms with van der Waals surface area (Å²) in [6.45, 7) is 15.4. The number of hydrogen-bond acceptors (Lipinski definition) is 3. The average molecular weight is 377 g/mol. The molecule has 0 aromatic rings. The van der Waals surface area contributed by atoms with Crippen LogP contribution >= 0.6 is 0 Å². The Morgan fingerprint density at radius 2 is 1.81 bits per heavy atom. The zero-order valence-electron chi connectivity index (χ0n) is 18.1. The predicted molar refractivity (Wildman–Crippen MR) is 109 cm³/mol. The van der Waals surface area contributed by atoms with Gasteiger partial charge in [-0.3, -0.25) is 4.79 Å². The monoisotopic (exact) mass is 376 g/mol. The molecule has 3 aliphatic rings. The summed E-state index contributed by atoms with van der Waals surface area (Å²) in [7, 11) is 0. The van der Waals surface area contributed by atoms with Crippen molar-refractivity contribution < 1.29 is 14.6 Å². The highest BCUT2D eigenvalue weighted by atomic mass is 16.5. The van der Waals surface area contributed by atoms with Gasteiger partial charge in [0.2, 0.25) is 0 Å². The molecule has 3 aliphatic carbocycles. The van der Waals surface area contributed by atoms with Crippen LogP contribution in [0.15, 0.2) is 12.7 Å². The Labute approximate surface area is 165 Å². The van der Waals surface area contributed by atoms with Gasteiger partial charge in [-0.25, -0.2) is 0 Å². The molecule has 0 unspecified atom stereocenters. The van der Waals surface area contributed by atoms with Gasteiger partial charge in [0.25, 0.3) is 0 Å². The minimum Gasteiger partial charge on any atom is -0.465 e. The maximum absolute atomic E-state index is 12.1. The van der Waals surface area contributed by atoms with Crippen molar-refractivity contribution in [1.82, 2.24) is 0 Å². The van der Waals surface area contributed by atoms with E-state index in [0.29, 0.717) is 18.4 Å². The van der Waals surface area contributed by atoms with E-state index in [4.69, 9.17) is 4.74 Å². The number of carbonyl (C=O) groups excluding carboxylic acids is 1. The molecule has 0 amide bonds. The normalized spacial score (nSPS) is 47.1. The maximum atomic E-state index is 12.1. The molecule has 3 rings (SSSR count). The molecule has 3 fully saturated rings. The van der Waals surface area contributed by atoms with Gasteiger partial charge in [0, 0.05) is 5.41 Å². The average Bonchev–Trinajstić information content (AvgIpc) is 2.58. The summed E-state index contributed by atoms with van der Waals surface area (Å²) in [5.74, 6) is 0.694. The van der Waals surface area contributed by atoms with E-state index in [1.54, 1.807) is 0 Å². The van der Waals surface area contributed by atoms with Crippen LogP contribution in [0, 0.1) is 34.0 Å². The lowest BCUT2D eigenvalue weighted by Gasteiger charge is -2.65. The van der Waals surface area contributed by atoms with E-state index in [-0.39, 0.29) is 28.1 Å². The molecule has 3 saturated carbocycles. The third-order valence-electron chi connectivity index (χ3n) is 8.63. The molecule has 3 heteroatoms. The van der Waals surface area contributed by atoms with Crippen LogP contribution in [0.5, 0.6) is 0 Å². The molecule has 1 N–H and O–H groups in total. The van der Waals surface area contributed by atoms with Crippen molar-refractivity contribution in [2.24, 2.45) is 34.0 Å². The van der Waals surface area contributed by atoms with Crippen molar-refractivity contribution >= 4 is 5.97 Å². The van der Waals surface area contributed by atoms with Gasteiger partial charge in [0.05, 0.1) is 18.1 Å².